The van der Waals surface area contributed by atoms with Gasteiger partial charge in [0.15, 0.2) is 5.78 Å². The fraction of sp³-hybridized carbons (Fsp3) is 0.500. The molecule has 72 valence electrons. The van der Waals surface area contributed by atoms with Crippen molar-refractivity contribution in [3.63, 3.8) is 0 Å². The van der Waals surface area contributed by atoms with E-state index in [0.717, 1.165) is 29.5 Å². The molecule has 0 atom stereocenters. The summed E-state index contributed by atoms with van der Waals surface area (Å²) in [5.74, 6) is 0.296. The largest absolute Gasteiger partial charge is 0.293 e. The van der Waals surface area contributed by atoms with Gasteiger partial charge in [-0.3, -0.25) is 4.79 Å². The zero-order valence-electron chi connectivity index (χ0n) is 7.46. The van der Waals surface area contributed by atoms with E-state index in [0.29, 0.717) is 12.2 Å². The molecule has 0 aliphatic carbocycles. The highest BCUT2D eigenvalue weighted by Crippen LogP contribution is 2.13. The highest BCUT2D eigenvalue weighted by Gasteiger charge is 2.05. The van der Waals surface area contributed by atoms with E-state index in [2.05, 4.69) is 15.9 Å². The van der Waals surface area contributed by atoms with E-state index >= 15 is 0 Å². The highest BCUT2D eigenvalue weighted by molar-refractivity contribution is 9.09. The molecule has 0 amide bonds. The van der Waals surface area contributed by atoms with Gasteiger partial charge in [0.05, 0.1) is 4.88 Å². The fourth-order valence-corrected chi connectivity index (χ4v) is 2.21. The highest BCUT2D eigenvalue weighted by atomic mass is 79.9. The van der Waals surface area contributed by atoms with E-state index in [1.165, 1.54) is 11.3 Å². The van der Waals surface area contributed by atoms with Gasteiger partial charge in [-0.1, -0.05) is 28.4 Å². The van der Waals surface area contributed by atoms with Crippen LogP contribution >= 0.6 is 27.3 Å². The summed E-state index contributed by atoms with van der Waals surface area (Å²) in [6.45, 7) is 0. The molecule has 0 aliphatic heterocycles. The predicted molar refractivity (Wildman–Crippen MR) is 60.9 cm³/mol. The molecule has 0 N–H and O–H groups in total. The zero-order chi connectivity index (χ0) is 9.52. The van der Waals surface area contributed by atoms with Crippen molar-refractivity contribution in [2.45, 2.75) is 25.7 Å². The maximum Gasteiger partial charge on any atom is 0.172 e. The standard InChI is InChI=1S/C10H13BrOS/c11-7-3-1-2-5-9(12)10-6-4-8-13-10/h4,6,8H,1-3,5,7H2. The first-order valence-electron chi connectivity index (χ1n) is 4.47. The van der Waals surface area contributed by atoms with Crippen molar-refractivity contribution in [2.24, 2.45) is 0 Å². The number of carbonyl (C=O) groups excluding carboxylic acids is 1. The minimum Gasteiger partial charge on any atom is -0.293 e. The molecule has 0 radical (unpaired) electrons. The second-order valence-electron chi connectivity index (χ2n) is 2.90. The molecular formula is C10H13BrOS. The SMILES string of the molecule is O=C(CCCCCBr)c1cccs1. The first kappa shape index (κ1) is 10.9. The summed E-state index contributed by atoms with van der Waals surface area (Å²) < 4.78 is 0. The minimum absolute atomic E-state index is 0.296. The van der Waals surface area contributed by atoms with Crippen LogP contribution in [0.2, 0.25) is 0 Å². The molecule has 0 saturated carbocycles. The summed E-state index contributed by atoms with van der Waals surface area (Å²) in [5.41, 5.74) is 0. The Hall–Kier alpha value is -0.150. The van der Waals surface area contributed by atoms with Crippen LogP contribution in [0.25, 0.3) is 0 Å². The molecule has 13 heavy (non-hydrogen) atoms. The van der Waals surface area contributed by atoms with Crippen LogP contribution in [0, 0.1) is 0 Å². The van der Waals surface area contributed by atoms with Crippen molar-refractivity contribution in [3.8, 4) is 0 Å². The third kappa shape index (κ3) is 4.05. The third-order valence-electron chi connectivity index (χ3n) is 1.83. The Balaban J connectivity index is 2.19. The van der Waals surface area contributed by atoms with Gasteiger partial charge in [-0.05, 0) is 24.3 Å². The number of halogens is 1. The van der Waals surface area contributed by atoms with Gasteiger partial charge in [-0.25, -0.2) is 0 Å². The number of hydrogen-bond donors (Lipinski definition) is 0. The quantitative estimate of drug-likeness (QED) is 0.431. The van der Waals surface area contributed by atoms with Gasteiger partial charge in [0, 0.05) is 11.8 Å². The Morgan fingerprint density at radius 2 is 2.23 bits per heavy atom. The Kier molecular flexibility index (Phi) is 5.32. The molecule has 0 bridgehead atoms. The van der Waals surface area contributed by atoms with Gasteiger partial charge in [-0.2, -0.15) is 0 Å². The van der Waals surface area contributed by atoms with E-state index in [-0.39, 0.29) is 0 Å². The van der Waals surface area contributed by atoms with Crippen molar-refractivity contribution in [1.82, 2.24) is 0 Å². The fourth-order valence-electron chi connectivity index (χ4n) is 1.12. The molecule has 1 rings (SSSR count). The number of hydrogen-bond acceptors (Lipinski definition) is 2. The summed E-state index contributed by atoms with van der Waals surface area (Å²) >= 11 is 4.91. The van der Waals surface area contributed by atoms with Crippen LogP contribution in [0.4, 0.5) is 0 Å². The molecular weight excluding hydrogens is 248 g/mol. The van der Waals surface area contributed by atoms with E-state index in [4.69, 9.17) is 0 Å². The Bertz CT molecular complexity index is 243. The summed E-state index contributed by atoms with van der Waals surface area (Å²) in [6.07, 6.45) is 4.02. The van der Waals surface area contributed by atoms with Gasteiger partial charge < -0.3 is 0 Å². The van der Waals surface area contributed by atoms with Gasteiger partial charge in [0.2, 0.25) is 0 Å². The molecule has 0 saturated heterocycles. The maximum absolute atomic E-state index is 11.5. The van der Waals surface area contributed by atoms with Crippen molar-refractivity contribution >= 4 is 33.0 Å². The average molecular weight is 261 g/mol. The molecule has 0 fully saturated rings. The Morgan fingerprint density at radius 3 is 2.85 bits per heavy atom. The first-order valence-corrected chi connectivity index (χ1v) is 6.47. The molecule has 0 aliphatic rings. The normalized spacial score (nSPS) is 10.2. The molecule has 1 aromatic heterocycles. The second-order valence-corrected chi connectivity index (χ2v) is 4.64. The monoisotopic (exact) mass is 260 g/mol. The van der Waals surface area contributed by atoms with Crippen LogP contribution in [0.5, 0.6) is 0 Å². The van der Waals surface area contributed by atoms with Crippen LogP contribution in [-0.2, 0) is 0 Å². The minimum atomic E-state index is 0.296. The molecule has 1 heterocycles. The molecule has 0 unspecified atom stereocenters. The van der Waals surface area contributed by atoms with Crippen LogP contribution in [-0.4, -0.2) is 11.1 Å². The van der Waals surface area contributed by atoms with E-state index < -0.39 is 0 Å². The lowest BCUT2D eigenvalue weighted by Gasteiger charge is -1.96. The second kappa shape index (κ2) is 6.33. The smallest absolute Gasteiger partial charge is 0.172 e. The Labute approximate surface area is 91.3 Å². The van der Waals surface area contributed by atoms with Gasteiger partial charge in [0.25, 0.3) is 0 Å². The summed E-state index contributed by atoms with van der Waals surface area (Å²) in [4.78, 5) is 12.4. The van der Waals surface area contributed by atoms with E-state index in [1.807, 2.05) is 17.5 Å². The van der Waals surface area contributed by atoms with Gasteiger partial charge >= 0.3 is 0 Å². The number of rotatable bonds is 6. The molecule has 3 heteroatoms. The lowest BCUT2D eigenvalue weighted by molar-refractivity contribution is 0.0983. The summed E-state index contributed by atoms with van der Waals surface area (Å²) in [6, 6.07) is 3.83. The first-order chi connectivity index (χ1) is 6.34. The number of unbranched alkanes of at least 4 members (excludes halogenated alkanes) is 2. The third-order valence-corrected chi connectivity index (χ3v) is 3.31. The number of Topliss-reactive ketones (excluding diaryl/α,β-unsaturated/α-hetero) is 1. The number of thiophene rings is 1. The molecule has 0 aromatic carbocycles. The van der Waals surface area contributed by atoms with Crippen LogP contribution in [0.3, 0.4) is 0 Å². The summed E-state index contributed by atoms with van der Waals surface area (Å²) in [7, 11) is 0. The van der Waals surface area contributed by atoms with Gasteiger partial charge in [-0.15, -0.1) is 11.3 Å². The molecule has 0 spiro atoms. The van der Waals surface area contributed by atoms with Gasteiger partial charge in [0.1, 0.15) is 0 Å². The lowest BCUT2D eigenvalue weighted by atomic mass is 10.1. The van der Waals surface area contributed by atoms with Crippen LogP contribution < -0.4 is 0 Å². The zero-order valence-corrected chi connectivity index (χ0v) is 9.86. The summed E-state index contributed by atoms with van der Waals surface area (Å²) in [5, 5.41) is 2.99. The predicted octanol–water partition coefficient (Wildman–Crippen LogP) is 3.89. The van der Waals surface area contributed by atoms with Crippen LogP contribution in [0.1, 0.15) is 35.4 Å². The van der Waals surface area contributed by atoms with Crippen molar-refractivity contribution in [1.29, 1.82) is 0 Å². The number of carbonyl (C=O) groups is 1. The average Bonchev–Trinajstić information content (AvgIpc) is 2.65. The maximum atomic E-state index is 11.5. The molecule has 1 aromatic rings. The van der Waals surface area contributed by atoms with Crippen molar-refractivity contribution in [2.75, 3.05) is 5.33 Å². The lowest BCUT2D eigenvalue weighted by Crippen LogP contribution is -1.95. The molecule has 1 nitrogen and oxygen atoms in total. The topological polar surface area (TPSA) is 17.1 Å². The van der Waals surface area contributed by atoms with Crippen LogP contribution in [0.15, 0.2) is 17.5 Å². The number of ketones is 1. The Morgan fingerprint density at radius 1 is 1.38 bits per heavy atom. The van der Waals surface area contributed by atoms with Crippen molar-refractivity contribution in [3.05, 3.63) is 22.4 Å². The van der Waals surface area contributed by atoms with E-state index in [9.17, 15) is 4.79 Å². The number of alkyl halides is 1. The van der Waals surface area contributed by atoms with Crippen molar-refractivity contribution < 1.29 is 4.79 Å². The van der Waals surface area contributed by atoms with E-state index in [1.54, 1.807) is 0 Å².